The minimum atomic E-state index is -1.00. The zero-order valence-electron chi connectivity index (χ0n) is 28.5. The van der Waals surface area contributed by atoms with E-state index < -0.39 is 36.9 Å². The number of aromatic nitrogens is 1. The molecule has 4 amide bonds. The van der Waals surface area contributed by atoms with Crippen LogP contribution >= 0.6 is 0 Å². The molecule has 0 aliphatic carbocycles. The number of hydrogen-bond donors (Lipinski definition) is 3. The van der Waals surface area contributed by atoms with Gasteiger partial charge in [-0.2, -0.15) is 0 Å². The van der Waals surface area contributed by atoms with E-state index in [-0.39, 0.29) is 24.5 Å². The molecule has 0 bridgehead atoms. The molecule has 0 saturated heterocycles. The number of rotatable bonds is 17. The second kappa shape index (κ2) is 18.2. The summed E-state index contributed by atoms with van der Waals surface area (Å²) in [6.45, 7) is 14.1. The highest BCUT2D eigenvalue weighted by Gasteiger charge is 2.34. The normalized spacial score (nSPS) is 12.8. The van der Waals surface area contributed by atoms with Gasteiger partial charge >= 0.3 is 6.03 Å². The minimum absolute atomic E-state index is 0.176. The van der Waals surface area contributed by atoms with Crippen molar-refractivity contribution in [2.75, 3.05) is 26.4 Å². The Kier molecular flexibility index (Phi) is 14.4. The Balaban J connectivity index is 1.97. The van der Waals surface area contributed by atoms with Crippen LogP contribution in [0, 0.1) is 0 Å². The lowest BCUT2D eigenvalue weighted by molar-refractivity contribution is -0.179. The predicted molar refractivity (Wildman–Crippen MR) is 179 cm³/mol. The summed E-state index contributed by atoms with van der Waals surface area (Å²) in [6, 6.07) is 15.0. The third-order valence-electron chi connectivity index (χ3n) is 7.01. The first-order valence-corrected chi connectivity index (χ1v) is 16.0. The van der Waals surface area contributed by atoms with E-state index in [0.717, 1.165) is 22.0 Å². The number of carbonyl (C=O) groups excluding carboxylic acids is 3. The summed E-state index contributed by atoms with van der Waals surface area (Å²) in [4.78, 5) is 50.8. The van der Waals surface area contributed by atoms with E-state index in [0.29, 0.717) is 25.5 Å². The molecular formula is C35H49N5O7. The van der Waals surface area contributed by atoms with E-state index in [1.54, 1.807) is 18.0 Å². The van der Waals surface area contributed by atoms with Crippen LogP contribution in [0.25, 0.3) is 10.9 Å². The van der Waals surface area contributed by atoms with Gasteiger partial charge in [0.15, 0.2) is 12.9 Å². The van der Waals surface area contributed by atoms with Gasteiger partial charge in [-0.3, -0.25) is 19.4 Å². The third kappa shape index (κ3) is 11.8. The second-order valence-corrected chi connectivity index (χ2v) is 11.9. The van der Waals surface area contributed by atoms with Gasteiger partial charge in [0.25, 0.3) is 0 Å². The van der Waals surface area contributed by atoms with Crippen LogP contribution in [0.1, 0.15) is 59.6 Å². The Morgan fingerprint density at radius 2 is 1.62 bits per heavy atom. The molecule has 2 unspecified atom stereocenters. The summed E-state index contributed by atoms with van der Waals surface area (Å²) >= 11 is 0. The van der Waals surface area contributed by atoms with Crippen LogP contribution in [0.15, 0.2) is 60.8 Å². The molecule has 1 heterocycles. The summed E-state index contributed by atoms with van der Waals surface area (Å²) in [5.74, 6) is -0.249. The number of pyridine rings is 1. The molecule has 0 aliphatic heterocycles. The highest BCUT2D eigenvalue weighted by molar-refractivity contribution is 5.89. The van der Waals surface area contributed by atoms with Gasteiger partial charge in [-0.25, -0.2) is 10.3 Å². The molecule has 12 nitrogen and oxygen atoms in total. The quantitative estimate of drug-likeness (QED) is 0.143. The van der Waals surface area contributed by atoms with Crippen LogP contribution in [0.2, 0.25) is 0 Å². The molecule has 0 fully saturated rings. The highest BCUT2D eigenvalue weighted by Crippen LogP contribution is 2.23. The van der Waals surface area contributed by atoms with Crippen molar-refractivity contribution in [1.82, 2.24) is 26.0 Å². The predicted octanol–water partition coefficient (Wildman–Crippen LogP) is 4.51. The van der Waals surface area contributed by atoms with Gasteiger partial charge in [-0.15, -0.1) is 0 Å². The fourth-order valence-corrected chi connectivity index (χ4v) is 4.99. The molecule has 3 rings (SSSR count). The smallest absolute Gasteiger partial charge is 0.338 e. The molecule has 0 saturated carbocycles. The molecule has 0 spiro atoms. The van der Waals surface area contributed by atoms with Crippen molar-refractivity contribution in [3.63, 3.8) is 0 Å². The van der Waals surface area contributed by atoms with Gasteiger partial charge in [-0.1, -0.05) is 36.4 Å². The number of carbonyl (C=O) groups is 3. The van der Waals surface area contributed by atoms with Crippen molar-refractivity contribution >= 4 is 28.7 Å². The fourth-order valence-electron chi connectivity index (χ4n) is 4.99. The van der Waals surface area contributed by atoms with Gasteiger partial charge < -0.3 is 29.7 Å². The van der Waals surface area contributed by atoms with E-state index >= 15 is 0 Å². The van der Waals surface area contributed by atoms with E-state index in [1.165, 1.54) is 0 Å². The first-order chi connectivity index (χ1) is 22.4. The van der Waals surface area contributed by atoms with Crippen LogP contribution in [-0.4, -0.2) is 78.1 Å². The number of hydroxylamine groups is 1. The zero-order chi connectivity index (χ0) is 34.4. The van der Waals surface area contributed by atoms with Gasteiger partial charge in [0.05, 0.1) is 11.6 Å². The van der Waals surface area contributed by atoms with Crippen molar-refractivity contribution in [3.05, 3.63) is 71.9 Å². The lowest BCUT2D eigenvalue weighted by Gasteiger charge is -2.36. The number of para-hydroxylation sites is 1. The van der Waals surface area contributed by atoms with Gasteiger partial charge in [0, 0.05) is 44.3 Å². The second-order valence-electron chi connectivity index (χ2n) is 11.9. The molecule has 0 aliphatic rings. The molecule has 1 aromatic heterocycles. The Morgan fingerprint density at radius 3 is 2.26 bits per heavy atom. The summed E-state index contributed by atoms with van der Waals surface area (Å²) in [7, 11) is 0. The first kappa shape index (κ1) is 37.2. The minimum Gasteiger partial charge on any atom is -0.488 e. The number of amides is 4. The van der Waals surface area contributed by atoms with Crippen molar-refractivity contribution in [3.8, 4) is 5.75 Å². The Hall–Kier alpha value is -4.26. The van der Waals surface area contributed by atoms with Gasteiger partial charge in [-0.05, 0) is 77.8 Å². The molecule has 3 N–H and O–H groups in total. The third-order valence-corrected chi connectivity index (χ3v) is 7.01. The van der Waals surface area contributed by atoms with Gasteiger partial charge in [0.1, 0.15) is 17.4 Å². The molecule has 12 heteroatoms. The standard InChI is InChI=1S/C35H49N5O7/c1-8-36-34(43)39-46-23-30(41)38-29(21-25-16-18-28(19-17-25)47-35(5,6)7)32(42)40(24(4)33(44-9-2)45-10-3)22-27-14-11-13-26-15-12-20-37-31(26)27/h11-20,24,29,33H,8-10,21-23H2,1-7H3,(H,38,41)(H2,36,39,43). The number of fused-ring (bicyclic) bond motifs is 1. The largest absolute Gasteiger partial charge is 0.488 e. The molecule has 256 valence electrons. The molecule has 3 aromatic rings. The molecule has 47 heavy (non-hydrogen) atoms. The highest BCUT2D eigenvalue weighted by atomic mass is 16.7. The maximum Gasteiger partial charge on any atom is 0.338 e. The number of nitrogens with zero attached hydrogens (tertiary/aromatic N) is 2. The maximum absolute atomic E-state index is 14.6. The summed E-state index contributed by atoms with van der Waals surface area (Å²) in [5.41, 5.74) is 4.19. The Bertz CT molecular complexity index is 1430. The number of urea groups is 1. The van der Waals surface area contributed by atoms with Crippen LogP contribution in [-0.2, 0) is 36.9 Å². The van der Waals surface area contributed by atoms with Crippen LogP contribution in [0.5, 0.6) is 5.75 Å². The van der Waals surface area contributed by atoms with Crippen molar-refractivity contribution < 1.29 is 33.4 Å². The lowest BCUT2D eigenvalue weighted by atomic mass is 10.0. The number of ether oxygens (including phenoxy) is 3. The van der Waals surface area contributed by atoms with Crippen molar-refractivity contribution in [2.24, 2.45) is 0 Å². The summed E-state index contributed by atoms with van der Waals surface area (Å²) in [6.07, 6.45) is 1.18. The van der Waals surface area contributed by atoms with E-state index in [9.17, 15) is 14.4 Å². The fraction of sp³-hybridized carbons (Fsp3) is 0.486. The van der Waals surface area contributed by atoms with Gasteiger partial charge in [0.2, 0.25) is 11.8 Å². The summed E-state index contributed by atoms with van der Waals surface area (Å²) < 4.78 is 17.8. The van der Waals surface area contributed by atoms with Crippen LogP contribution < -0.4 is 20.9 Å². The van der Waals surface area contributed by atoms with E-state index in [1.807, 2.05) is 96.1 Å². The maximum atomic E-state index is 14.6. The zero-order valence-corrected chi connectivity index (χ0v) is 28.5. The number of benzene rings is 2. The van der Waals surface area contributed by atoms with E-state index in [4.69, 9.17) is 19.0 Å². The lowest BCUT2D eigenvalue weighted by Crippen LogP contribution is -2.55. The Labute approximate surface area is 277 Å². The molecule has 0 radical (unpaired) electrons. The van der Waals surface area contributed by atoms with Crippen LogP contribution in [0.3, 0.4) is 0 Å². The van der Waals surface area contributed by atoms with Crippen LogP contribution in [0.4, 0.5) is 4.79 Å². The molecule has 2 aromatic carbocycles. The SMILES string of the molecule is CCNC(=O)NOCC(=O)NC(Cc1ccc(OC(C)(C)C)cc1)C(=O)N(Cc1cccc2cccnc12)C(C)C(OCC)OCC. The average Bonchev–Trinajstić information content (AvgIpc) is 3.03. The average molecular weight is 652 g/mol. The van der Waals surface area contributed by atoms with Crippen molar-refractivity contribution in [2.45, 2.75) is 85.4 Å². The monoisotopic (exact) mass is 651 g/mol. The van der Waals surface area contributed by atoms with Crippen molar-refractivity contribution in [1.29, 1.82) is 0 Å². The molecule has 2 atom stereocenters. The topological polar surface area (TPSA) is 140 Å². The number of hydrogen-bond acceptors (Lipinski definition) is 8. The Morgan fingerprint density at radius 1 is 0.936 bits per heavy atom. The number of nitrogens with one attached hydrogen (secondary N) is 3. The summed E-state index contributed by atoms with van der Waals surface area (Å²) in [5, 5.41) is 6.29. The first-order valence-electron chi connectivity index (χ1n) is 16.0. The molecular weight excluding hydrogens is 602 g/mol. The van der Waals surface area contributed by atoms with E-state index in [2.05, 4.69) is 21.1 Å².